The highest BCUT2D eigenvalue weighted by Gasteiger charge is 2.10. The summed E-state index contributed by atoms with van der Waals surface area (Å²) >= 11 is 8.40. The number of thiophene rings is 1. The van der Waals surface area contributed by atoms with Gasteiger partial charge in [-0.15, -0.1) is 22.7 Å². The highest BCUT2D eigenvalue weighted by atomic mass is 35.5. The third-order valence-corrected chi connectivity index (χ3v) is 3.74. The fourth-order valence-electron chi connectivity index (χ4n) is 1.01. The van der Waals surface area contributed by atoms with Crippen molar-refractivity contribution >= 4 is 45.3 Å². The van der Waals surface area contributed by atoms with Crippen molar-refractivity contribution < 1.29 is 4.79 Å². The molecule has 2 aromatic heterocycles. The topological polar surface area (TPSA) is 42.0 Å². The Kier molecular flexibility index (Phi) is 3.04. The molecular weight excluding hydrogens is 252 g/mol. The Morgan fingerprint density at radius 2 is 2.33 bits per heavy atom. The Labute approximate surface area is 99.7 Å². The molecule has 2 heterocycles. The molecule has 0 radical (unpaired) electrons. The lowest BCUT2D eigenvalue weighted by molar-refractivity contribution is 0.103. The Balaban J connectivity index is 2.10. The lowest BCUT2D eigenvalue weighted by atomic mass is 10.4. The van der Waals surface area contributed by atoms with E-state index in [0.29, 0.717) is 14.3 Å². The summed E-state index contributed by atoms with van der Waals surface area (Å²) in [4.78, 5) is 16.4. The molecule has 78 valence electrons. The summed E-state index contributed by atoms with van der Waals surface area (Å²) in [6.07, 6.45) is 0. The first-order valence-electron chi connectivity index (χ1n) is 4.14. The number of aromatic nitrogens is 1. The molecule has 1 amide bonds. The van der Waals surface area contributed by atoms with Crippen molar-refractivity contribution in [1.29, 1.82) is 0 Å². The molecule has 0 aromatic carbocycles. The molecule has 0 unspecified atom stereocenters. The molecule has 15 heavy (non-hydrogen) atoms. The normalized spacial score (nSPS) is 10.3. The van der Waals surface area contributed by atoms with Crippen molar-refractivity contribution in [2.75, 3.05) is 5.32 Å². The lowest BCUT2D eigenvalue weighted by Crippen LogP contribution is -2.09. The predicted molar refractivity (Wildman–Crippen MR) is 64.1 cm³/mol. The molecule has 0 aliphatic heterocycles. The number of thiazole rings is 1. The van der Waals surface area contributed by atoms with Crippen LogP contribution < -0.4 is 5.32 Å². The predicted octanol–water partition coefficient (Wildman–Crippen LogP) is 3.42. The van der Waals surface area contributed by atoms with Crippen LogP contribution in [0, 0.1) is 6.92 Å². The van der Waals surface area contributed by atoms with Gasteiger partial charge in [0.15, 0.2) is 5.13 Å². The highest BCUT2D eigenvalue weighted by Crippen LogP contribution is 2.23. The van der Waals surface area contributed by atoms with E-state index in [2.05, 4.69) is 10.3 Å². The molecule has 0 spiro atoms. The van der Waals surface area contributed by atoms with Crippen LogP contribution >= 0.6 is 34.3 Å². The first-order chi connectivity index (χ1) is 7.15. The van der Waals surface area contributed by atoms with Crippen molar-refractivity contribution in [2.45, 2.75) is 6.92 Å². The molecule has 0 aliphatic rings. The standard InChI is InChI=1S/C9H7ClN2OS2/c1-5-4-14-9(11-5)12-8(13)6-2-3-7(10)15-6/h2-4H,1H3,(H,11,12,13). The second-order valence-electron chi connectivity index (χ2n) is 2.85. The molecule has 0 atom stereocenters. The molecule has 2 aromatic rings. The van der Waals surface area contributed by atoms with Crippen LogP contribution in [0.1, 0.15) is 15.4 Å². The van der Waals surface area contributed by atoms with E-state index in [-0.39, 0.29) is 5.91 Å². The molecule has 1 N–H and O–H groups in total. The summed E-state index contributed by atoms with van der Waals surface area (Å²) in [7, 11) is 0. The number of rotatable bonds is 2. The molecule has 0 bridgehead atoms. The van der Waals surface area contributed by atoms with E-state index in [0.717, 1.165) is 5.69 Å². The molecule has 6 heteroatoms. The summed E-state index contributed by atoms with van der Waals surface area (Å²) in [5.41, 5.74) is 0.902. The average Bonchev–Trinajstić information content (AvgIpc) is 2.75. The van der Waals surface area contributed by atoms with Crippen molar-refractivity contribution in [3.8, 4) is 0 Å². The van der Waals surface area contributed by atoms with Gasteiger partial charge in [-0.2, -0.15) is 0 Å². The fourth-order valence-corrected chi connectivity index (χ4v) is 2.63. The van der Waals surface area contributed by atoms with Gasteiger partial charge < -0.3 is 0 Å². The number of aryl methyl sites for hydroxylation is 1. The molecule has 0 saturated heterocycles. The van der Waals surface area contributed by atoms with Crippen molar-refractivity contribution in [3.05, 3.63) is 32.4 Å². The van der Waals surface area contributed by atoms with E-state index in [9.17, 15) is 4.79 Å². The van der Waals surface area contributed by atoms with E-state index in [4.69, 9.17) is 11.6 Å². The van der Waals surface area contributed by atoms with E-state index < -0.39 is 0 Å². The van der Waals surface area contributed by atoms with Gasteiger partial charge in [0.2, 0.25) is 0 Å². The lowest BCUT2D eigenvalue weighted by Gasteiger charge is -1.96. The van der Waals surface area contributed by atoms with Gasteiger partial charge in [-0.1, -0.05) is 11.6 Å². The van der Waals surface area contributed by atoms with Gasteiger partial charge in [0.1, 0.15) is 0 Å². The minimum absolute atomic E-state index is 0.166. The second kappa shape index (κ2) is 4.30. The Hall–Kier alpha value is -0.910. The number of halogens is 1. The maximum absolute atomic E-state index is 11.6. The quantitative estimate of drug-likeness (QED) is 0.897. The minimum atomic E-state index is -0.166. The van der Waals surface area contributed by atoms with Crippen molar-refractivity contribution in [1.82, 2.24) is 4.98 Å². The van der Waals surface area contributed by atoms with Gasteiger partial charge in [0.25, 0.3) is 5.91 Å². The van der Waals surface area contributed by atoms with Crippen LogP contribution in [0.25, 0.3) is 0 Å². The number of amides is 1. The van der Waals surface area contributed by atoms with Gasteiger partial charge in [0.05, 0.1) is 14.9 Å². The summed E-state index contributed by atoms with van der Waals surface area (Å²) in [5, 5.41) is 5.21. The molecular formula is C9H7ClN2OS2. The Morgan fingerprint density at radius 1 is 1.53 bits per heavy atom. The number of carbonyl (C=O) groups is 1. The van der Waals surface area contributed by atoms with E-state index in [1.807, 2.05) is 12.3 Å². The molecule has 0 aliphatic carbocycles. The first-order valence-corrected chi connectivity index (χ1v) is 6.21. The SMILES string of the molecule is Cc1csc(NC(=O)c2ccc(Cl)s2)n1. The minimum Gasteiger partial charge on any atom is -0.297 e. The van der Waals surface area contributed by atoms with E-state index in [1.54, 1.807) is 12.1 Å². The van der Waals surface area contributed by atoms with Crippen molar-refractivity contribution in [2.24, 2.45) is 0 Å². The van der Waals surface area contributed by atoms with Crippen LogP contribution in [-0.2, 0) is 0 Å². The Bertz CT molecular complexity index is 492. The zero-order valence-corrected chi connectivity index (χ0v) is 10.2. The van der Waals surface area contributed by atoms with Gasteiger partial charge >= 0.3 is 0 Å². The number of hydrogen-bond acceptors (Lipinski definition) is 4. The van der Waals surface area contributed by atoms with Gasteiger partial charge in [-0.05, 0) is 19.1 Å². The number of hydrogen-bond donors (Lipinski definition) is 1. The molecule has 2 rings (SSSR count). The van der Waals surface area contributed by atoms with Crippen LogP contribution in [0.2, 0.25) is 4.34 Å². The average molecular weight is 259 g/mol. The number of anilines is 1. The maximum Gasteiger partial charge on any atom is 0.267 e. The number of nitrogens with zero attached hydrogens (tertiary/aromatic N) is 1. The number of carbonyl (C=O) groups excluding carboxylic acids is 1. The molecule has 0 fully saturated rings. The smallest absolute Gasteiger partial charge is 0.267 e. The molecule has 3 nitrogen and oxygen atoms in total. The largest absolute Gasteiger partial charge is 0.297 e. The fraction of sp³-hybridized carbons (Fsp3) is 0.111. The van der Waals surface area contributed by atoms with Gasteiger partial charge in [-0.3, -0.25) is 10.1 Å². The number of nitrogens with one attached hydrogen (secondary N) is 1. The Morgan fingerprint density at radius 3 is 2.87 bits per heavy atom. The first kappa shape index (κ1) is 10.6. The maximum atomic E-state index is 11.6. The monoisotopic (exact) mass is 258 g/mol. The molecule has 0 saturated carbocycles. The van der Waals surface area contributed by atoms with Crippen LogP contribution in [0.4, 0.5) is 5.13 Å². The summed E-state index contributed by atoms with van der Waals surface area (Å²) in [6.45, 7) is 1.88. The van der Waals surface area contributed by atoms with Crippen molar-refractivity contribution in [3.63, 3.8) is 0 Å². The van der Waals surface area contributed by atoms with Gasteiger partial charge in [-0.25, -0.2) is 4.98 Å². The highest BCUT2D eigenvalue weighted by molar-refractivity contribution is 7.18. The van der Waals surface area contributed by atoms with Gasteiger partial charge in [0, 0.05) is 5.38 Å². The zero-order chi connectivity index (χ0) is 10.8. The third kappa shape index (κ3) is 2.56. The van der Waals surface area contributed by atoms with Crippen LogP contribution in [-0.4, -0.2) is 10.9 Å². The van der Waals surface area contributed by atoms with E-state index >= 15 is 0 Å². The van der Waals surface area contributed by atoms with E-state index in [1.165, 1.54) is 22.7 Å². The van der Waals surface area contributed by atoms with Crippen LogP contribution in [0.3, 0.4) is 0 Å². The van der Waals surface area contributed by atoms with Crippen LogP contribution in [0.5, 0.6) is 0 Å². The summed E-state index contributed by atoms with van der Waals surface area (Å²) in [6, 6.07) is 3.40. The zero-order valence-electron chi connectivity index (χ0n) is 7.78. The second-order valence-corrected chi connectivity index (χ2v) is 5.43. The third-order valence-electron chi connectivity index (χ3n) is 1.64. The van der Waals surface area contributed by atoms with Crippen LogP contribution in [0.15, 0.2) is 17.5 Å². The summed E-state index contributed by atoms with van der Waals surface area (Å²) < 4.78 is 0.607. The summed E-state index contributed by atoms with van der Waals surface area (Å²) in [5.74, 6) is -0.166.